The second-order valence-corrected chi connectivity index (χ2v) is 3.05. The Morgan fingerprint density at radius 1 is 1.50 bits per heavy atom. The molecule has 0 N–H and O–H groups in total. The summed E-state index contributed by atoms with van der Waals surface area (Å²) in [5.41, 5.74) is 3.24. The quantitative estimate of drug-likeness (QED) is 0.662. The standard InChI is InChI=1S/C9H10N2S/c1-7-8(6-12)11-5-3-2-4-9(11)10-7/h2-5,12H,6H2,1H3. The molecule has 3 heteroatoms. The maximum Gasteiger partial charge on any atom is 0.137 e. The SMILES string of the molecule is Cc1nc2ccccn2c1CS. The van der Waals surface area contributed by atoms with Gasteiger partial charge in [0, 0.05) is 11.9 Å². The Morgan fingerprint density at radius 3 is 3.08 bits per heavy atom. The Balaban J connectivity index is 2.81. The molecule has 0 aliphatic carbocycles. The number of fused-ring (bicyclic) bond motifs is 1. The van der Waals surface area contributed by atoms with Gasteiger partial charge < -0.3 is 4.40 Å². The van der Waals surface area contributed by atoms with Crippen molar-refractivity contribution < 1.29 is 0 Å². The lowest BCUT2D eigenvalue weighted by atomic mass is 10.4. The molecule has 2 aromatic rings. The molecule has 0 unspecified atom stereocenters. The van der Waals surface area contributed by atoms with Gasteiger partial charge in [0.1, 0.15) is 5.65 Å². The van der Waals surface area contributed by atoms with Crippen molar-refractivity contribution in [3.05, 3.63) is 35.8 Å². The van der Waals surface area contributed by atoms with Crippen molar-refractivity contribution in [1.29, 1.82) is 0 Å². The van der Waals surface area contributed by atoms with E-state index in [9.17, 15) is 0 Å². The minimum absolute atomic E-state index is 0.733. The second-order valence-electron chi connectivity index (χ2n) is 2.73. The van der Waals surface area contributed by atoms with Crippen molar-refractivity contribution in [3.63, 3.8) is 0 Å². The summed E-state index contributed by atoms with van der Waals surface area (Å²) in [6.45, 7) is 2.01. The topological polar surface area (TPSA) is 17.3 Å². The molecule has 0 radical (unpaired) electrons. The molecule has 0 saturated carbocycles. The number of pyridine rings is 1. The highest BCUT2D eigenvalue weighted by atomic mass is 32.1. The predicted molar refractivity (Wildman–Crippen MR) is 52.6 cm³/mol. The van der Waals surface area contributed by atoms with Crippen LogP contribution in [0.25, 0.3) is 5.65 Å². The fourth-order valence-electron chi connectivity index (χ4n) is 1.35. The van der Waals surface area contributed by atoms with E-state index in [1.54, 1.807) is 0 Å². The van der Waals surface area contributed by atoms with E-state index in [2.05, 4.69) is 22.0 Å². The highest BCUT2D eigenvalue weighted by molar-refractivity contribution is 7.79. The van der Waals surface area contributed by atoms with Gasteiger partial charge in [0.25, 0.3) is 0 Å². The van der Waals surface area contributed by atoms with Crippen LogP contribution in [0.4, 0.5) is 0 Å². The average molecular weight is 178 g/mol. The number of thiol groups is 1. The summed E-state index contributed by atoms with van der Waals surface area (Å²) < 4.78 is 2.07. The summed E-state index contributed by atoms with van der Waals surface area (Å²) in [5, 5.41) is 0. The molecule has 2 aromatic heterocycles. The van der Waals surface area contributed by atoms with Crippen molar-refractivity contribution in [1.82, 2.24) is 9.38 Å². The predicted octanol–water partition coefficient (Wildman–Crippen LogP) is 2.07. The van der Waals surface area contributed by atoms with E-state index in [1.165, 1.54) is 5.69 Å². The van der Waals surface area contributed by atoms with Gasteiger partial charge in [0.2, 0.25) is 0 Å². The van der Waals surface area contributed by atoms with Gasteiger partial charge in [0.15, 0.2) is 0 Å². The van der Waals surface area contributed by atoms with Crippen LogP contribution < -0.4 is 0 Å². The summed E-state index contributed by atoms with van der Waals surface area (Å²) in [5.74, 6) is 0.733. The van der Waals surface area contributed by atoms with Crippen molar-refractivity contribution in [3.8, 4) is 0 Å². The first-order valence-electron chi connectivity index (χ1n) is 3.86. The molecule has 0 fully saturated rings. The average Bonchev–Trinajstić information content (AvgIpc) is 2.40. The van der Waals surface area contributed by atoms with E-state index in [-0.39, 0.29) is 0 Å². The molecular weight excluding hydrogens is 168 g/mol. The third-order valence-electron chi connectivity index (χ3n) is 1.98. The number of nitrogens with zero attached hydrogens (tertiary/aromatic N) is 2. The van der Waals surface area contributed by atoms with E-state index in [1.807, 2.05) is 31.3 Å². The van der Waals surface area contributed by atoms with Gasteiger partial charge in [-0.05, 0) is 19.1 Å². The number of aromatic nitrogens is 2. The van der Waals surface area contributed by atoms with Crippen LogP contribution in [-0.2, 0) is 5.75 Å². The zero-order chi connectivity index (χ0) is 8.55. The van der Waals surface area contributed by atoms with Gasteiger partial charge in [-0.3, -0.25) is 0 Å². The summed E-state index contributed by atoms with van der Waals surface area (Å²) in [4.78, 5) is 4.40. The molecule has 0 atom stereocenters. The Hall–Kier alpha value is -0.960. The van der Waals surface area contributed by atoms with E-state index < -0.39 is 0 Å². The first-order valence-corrected chi connectivity index (χ1v) is 4.49. The van der Waals surface area contributed by atoms with Crippen molar-refractivity contribution >= 4 is 18.3 Å². The van der Waals surface area contributed by atoms with Crippen LogP contribution in [0, 0.1) is 6.92 Å². The zero-order valence-electron chi connectivity index (χ0n) is 6.86. The lowest BCUT2D eigenvalue weighted by Crippen LogP contribution is -1.89. The van der Waals surface area contributed by atoms with Crippen molar-refractivity contribution in [2.24, 2.45) is 0 Å². The molecule has 0 aliphatic rings. The highest BCUT2D eigenvalue weighted by Gasteiger charge is 2.04. The van der Waals surface area contributed by atoms with Crippen LogP contribution in [-0.4, -0.2) is 9.38 Å². The Kier molecular flexibility index (Phi) is 1.81. The van der Waals surface area contributed by atoms with Crippen LogP contribution >= 0.6 is 12.6 Å². The summed E-state index contributed by atoms with van der Waals surface area (Å²) in [6.07, 6.45) is 2.01. The van der Waals surface area contributed by atoms with E-state index in [0.29, 0.717) is 0 Å². The summed E-state index contributed by atoms with van der Waals surface area (Å²) in [6, 6.07) is 5.99. The summed E-state index contributed by atoms with van der Waals surface area (Å²) in [7, 11) is 0. The number of hydrogen-bond donors (Lipinski definition) is 1. The van der Waals surface area contributed by atoms with Crippen LogP contribution in [0.5, 0.6) is 0 Å². The number of hydrogen-bond acceptors (Lipinski definition) is 2. The Bertz CT molecular complexity index is 406. The normalized spacial score (nSPS) is 10.8. The van der Waals surface area contributed by atoms with Crippen LogP contribution in [0.2, 0.25) is 0 Å². The summed E-state index contributed by atoms with van der Waals surface area (Å²) >= 11 is 4.26. The molecule has 0 aliphatic heterocycles. The van der Waals surface area contributed by atoms with E-state index in [4.69, 9.17) is 0 Å². The van der Waals surface area contributed by atoms with Crippen LogP contribution in [0.3, 0.4) is 0 Å². The molecule has 2 nitrogen and oxygen atoms in total. The van der Waals surface area contributed by atoms with E-state index >= 15 is 0 Å². The molecule has 62 valence electrons. The first-order chi connectivity index (χ1) is 5.83. The molecule has 0 saturated heterocycles. The second kappa shape index (κ2) is 2.83. The fourth-order valence-corrected chi connectivity index (χ4v) is 1.74. The largest absolute Gasteiger partial charge is 0.303 e. The fraction of sp³-hybridized carbons (Fsp3) is 0.222. The Morgan fingerprint density at radius 2 is 2.33 bits per heavy atom. The minimum atomic E-state index is 0.733. The lowest BCUT2D eigenvalue weighted by Gasteiger charge is -1.96. The zero-order valence-corrected chi connectivity index (χ0v) is 7.75. The maximum absolute atomic E-state index is 4.40. The molecule has 12 heavy (non-hydrogen) atoms. The third kappa shape index (κ3) is 1.01. The van der Waals surface area contributed by atoms with Gasteiger partial charge >= 0.3 is 0 Å². The Labute approximate surface area is 76.7 Å². The van der Waals surface area contributed by atoms with Gasteiger partial charge in [0.05, 0.1) is 11.4 Å². The minimum Gasteiger partial charge on any atom is -0.303 e. The molecule has 2 heterocycles. The molecule has 0 aromatic carbocycles. The highest BCUT2D eigenvalue weighted by Crippen LogP contribution is 2.12. The lowest BCUT2D eigenvalue weighted by molar-refractivity contribution is 1.08. The first kappa shape index (κ1) is 7.68. The smallest absolute Gasteiger partial charge is 0.137 e. The number of imidazole rings is 1. The third-order valence-corrected chi connectivity index (χ3v) is 2.28. The van der Waals surface area contributed by atoms with Crippen molar-refractivity contribution in [2.75, 3.05) is 0 Å². The monoisotopic (exact) mass is 178 g/mol. The van der Waals surface area contributed by atoms with Crippen LogP contribution in [0.1, 0.15) is 11.4 Å². The molecule has 0 bridgehead atoms. The van der Waals surface area contributed by atoms with Gasteiger partial charge in [-0.1, -0.05) is 6.07 Å². The number of aryl methyl sites for hydroxylation is 1. The van der Waals surface area contributed by atoms with Gasteiger partial charge in [-0.2, -0.15) is 12.6 Å². The van der Waals surface area contributed by atoms with Crippen LogP contribution in [0.15, 0.2) is 24.4 Å². The molecule has 2 rings (SSSR count). The molecular formula is C9H10N2S. The molecule has 0 spiro atoms. The van der Waals surface area contributed by atoms with Gasteiger partial charge in [-0.25, -0.2) is 4.98 Å². The van der Waals surface area contributed by atoms with E-state index in [0.717, 1.165) is 17.1 Å². The maximum atomic E-state index is 4.40. The van der Waals surface area contributed by atoms with Gasteiger partial charge in [-0.15, -0.1) is 0 Å². The molecule has 0 amide bonds. The van der Waals surface area contributed by atoms with Crippen molar-refractivity contribution in [2.45, 2.75) is 12.7 Å². The number of rotatable bonds is 1.